The van der Waals surface area contributed by atoms with Crippen LogP contribution in [0.15, 0.2) is 29.4 Å². The van der Waals surface area contributed by atoms with Crippen LogP contribution in [0.3, 0.4) is 0 Å². The maximum atomic E-state index is 13.0. The van der Waals surface area contributed by atoms with E-state index in [1.807, 2.05) is 18.2 Å². The summed E-state index contributed by atoms with van der Waals surface area (Å²) in [7, 11) is -2.10. The van der Waals surface area contributed by atoms with Crippen LogP contribution in [-0.4, -0.2) is 47.9 Å². The first-order valence-electron chi connectivity index (χ1n) is 13.6. The van der Waals surface area contributed by atoms with Gasteiger partial charge in [0.25, 0.3) is 0 Å². The Kier molecular flexibility index (Phi) is 10.1. The number of rotatable bonds is 11. The van der Waals surface area contributed by atoms with Crippen LogP contribution in [0.5, 0.6) is 0 Å². The monoisotopic (exact) mass is 521 g/mol. The number of aliphatic hydroxyl groups excluding tert-OH is 1. The van der Waals surface area contributed by atoms with Gasteiger partial charge in [-0.3, -0.25) is 4.79 Å². The summed E-state index contributed by atoms with van der Waals surface area (Å²) in [4.78, 5) is 17.3. The number of hydrogen-bond donors (Lipinski definition) is 1. The summed E-state index contributed by atoms with van der Waals surface area (Å²) in [5.41, 5.74) is 1.48. The molecule has 0 bridgehead atoms. The van der Waals surface area contributed by atoms with Crippen molar-refractivity contribution in [2.24, 2.45) is 17.8 Å². The minimum absolute atomic E-state index is 0.0362. The normalized spacial score (nSPS) is 30.2. The third-order valence-corrected chi connectivity index (χ3v) is 15.5. The Bertz CT molecular complexity index is 799. The third-order valence-electron chi connectivity index (χ3n) is 8.49. The Morgan fingerprint density at radius 1 is 1.14 bits per heavy atom. The highest BCUT2D eigenvalue weighted by Crippen LogP contribution is 2.47. The van der Waals surface area contributed by atoms with Gasteiger partial charge in [-0.1, -0.05) is 61.5 Å². The second-order valence-electron chi connectivity index (χ2n) is 11.9. The largest absolute Gasteiger partial charge is 0.413 e. The van der Waals surface area contributed by atoms with Crippen LogP contribution in [0.2, 0.25) is 16.6 Å². The molecule has 1 saturated heterocycles. The third kappa shape index (κ3) is 6.98. The number of ether oxygens (including phenoxy) is 1. The van der Waals surface area contributed by atoms with Crippen LogP contribution in [-0.2, 0) is 14.0 Å². The SMILES string of the molecule is CC(C)[Si](O[C@H]1C[C@@H](C[C@H](O)[C@H]2C[C@@H]2C)O[C@@H](CC(=O)Sc2ccccn2)[C@@H]1C)(C(C)C)C(C)C. The quantitative estimate of drug-likeness (QED) is 0.254. The van der Waals surface area contributed by atoms with E-state index in [9.17, 15) is 9.90 Å². The number of nitrogens with zero attached hydrogens (tertiary/aromatic N) is 1. The zero-order valence-corrected chi connectivity index (χ0v) is 24.8. The lowest BCUT2D eigenvalue weighted by Gasteiger charge is -2.49. The zero-order chi connectivity index (χ0) is 25.9. The average molecular weight is 522 g/mol. The van der Waals surface area contributed by atoms with E-state index >= 15 is 0 Å². The maximum Gasteiger partial charge on any atom is 0.200 e. The van der Waals surface area contributed by atoms with Gasteiger partial charge in [-0.15, -0.1) is 0 Å². The summed E-state index contributed by atoms with van der Waals surface area (Å²) in [6.45, 7) is 18.3. The number of pyridine rings is 1. The summed E-state index contributed by atoms with van der Waals surface area (Å²) in [5, 5.41) is 11.6. The molecule has 1 aliphatic carbocycles. The highest BCUT2D eigenvalue weighted by molar-refractivity contribution is 8.13. The van der Waals surface area contributed by atoms with Gasteiger partial charge in [0.1, 0.15) is 5.03 Å². The molecule has 2 fully saturated rings. The van der Waals surface area contributed by atoms with Crippen molar-refractivity contribution in [3.63, 3.8) is 0 Å². The summed E-state index contributed by atoms with van der Waals surface area (Å²) >= 11 is 1.19. The van der Waals surface area contributed by atoms with Crippen molar-refractivity contribution in [2.45, 2.75) is 127 Å². The highest BCUT2D eigenvalue weighted by Gasteiger charge is 2.50. The van der Waals surface area contributed by atoms with E-state index in [-0.39, 0.29) is 35.4 Å². The van der Waals surface area contributed by atoms with Crippen molar-refractivity contribution in [3.05, 3.63) is 24.4 Å². The molecule has 0 aromatic carbocycles. The van der Waals surface area contributed by atoms with Gasteiger partial charge < -0.3 is 14.3 Å². The molecule has 1 saturated carbocycles. The first-order valence-corrected chi connectivity index (χ1v) is 16.5. The molecule has 7 atom stereocenters. The highest BCUT2D eigenvalue weighted by atomic mass is 32.2. The Morgan fingerprint density at radius 3 is 2.29 bits per heavy atom. The van der Waals surface area contributed by atoms with Crippen molar-refractivity contribution in [1.29, 1.82) is 0 Å². The lowest BCUT2D eigenvalue weighted by atomic mass is 9.87. The van der Waals surface area contributed by atoms with Crippen LogP contribution in [0.25, 0.3) is 0 Å². The van der Waals surface area contributed by atoms with E-state index in [0.29, 0.717) is 46.3 Å². The molecular formula is C28H47NO4SSi. The first-order chi connectivity index (χ1) is 16.5. The molecule has 1 aliphatic heterocycles. The number of thioether (sulfide) groups is 1. The van der Waals surface area contributed by atoms with Gasteiger partial charge >= 0.3 is 0 Å². The van der Waals surface area contributed by atoms with E-state index in [1.165, 1.54) is 11.8 Å². The van der Waals surface area contributed by atoms with Gasteiger partial charge in [-0.05, 0) is 71.6 Å². The van der Waals surface area contributed by atoms with Crippen LogP contribution in [0.4, 0.5) is 0 Å². The number of aromatic nitrogens is 1. The fourth-order valence-electron chi connectivity index (χ4n) is 6.41. The Hall–Kier alpha value is -0.733. The van der Waals surface area contributed by atoms with E-state index in [2.05, 4.69) is 60.4 Å². The lowest BCUT2D eigenvalue weighted by molar-refractivity contribution is -0.145. The van der Waals surface area contributed by atoms with Crippen molar-refractivity contribution in [1.82, 2.24) is 4.98 Å². The molecular weight excluding hydrogens is 474 g/mol. The van der Waals surface area contributed by atoms with E-state index < -0.39 is 8.32 Å². The van der Waals surface area contributed by atoms with Gasteiger partial charge in [0.05, 0.1) is 24.4 Å². The summed E-state index contributed by atoms with van der Waals surface area (Å²) in [6, 6.07) is 5.62. The Balaban J connectivity index is 1.79. The van der Waals surface area contributed by atoms with Crippen molar-refractivity contribution in [3.8, 4) is 0 Å². The molecule has 0 amide bonds. The topological polar surface area (TPSA) is 68.7 Å². The van der Waals surface area contributed by atoms with E-state index in [0.717, 1.165) is 12.8 Å². The number of carbonyl (C=O) groups is 1. The van der Waals surface area contributed by atoms with Gasteiger partial charge in [0, 0.05) is 18.5 Å². The molecule has 0 unspecified atom stereocenters. The smallest absolute Gasteiger partial charge is 0.200 e. The van der Waals surface area contributed by atoms with Crippen molar-refractivity contribution < 1.29 is 19.1 Å². The van der Waals surface area contributed by atoms with Crippen LogP contribution in [0.1, 0.15) is 81.1 Å². The van der Waals surface area contributed by atoms with Crippen LogP contribution >= 0.6 is 11.8 Å². The second kappa shape index (κ2) is 12.2. The number of hydrogen-bond acceptors (Lipinski definition) is 6. The molecule has 2 aliphatic rings. The summed E-state index contributed by atoms with van der Waals surface area (Å²) < 4.78 is 13.8. The molecule has 3 rings (SSSR count). The maximum absolute atomic E-state index is 13.0. The minimum atomic E-state index is -2.10. The first kappa shape index (κ1) is 28.8. The Labute approximate surface area is 218 Å². The van der Waals surface area contributed by atoms with Gasteiger partial charge in [0.15, 0.2) is 5.12 Å². The summed E-state index contributed by atoms with van der Waals surface area (Å²) in [6.07, 6.45) is 3.94. The fraction of sp³-hybridized carbons (Fsp3) is 0.786. The molecule has 0 radical (unpaired) electrons. The molecule has 1 aromatic heterocycles. The van der Waals surface area contributed by atoms with Crippen molar-refractivity contribution in [2.75, 3.05) is 0 Å². The molecule has 1 aromatic rings. The van der Waals surface area contributed by atoms with Gasteiger partial charge in [-0.25, -0.2) is 4.98 Å². The summed E-state index contributed by atoms with van der Waals surface area (Å²) in [5.74, 6) is 1.09. The molecule has 0 spiro atoms. The predicted octanol–water partition coefficient (Wildman–Crippen LogP) is 6.85. The number of aliphatic hydroxyl groups is 1. The molecule has 1 N–H and O–H groups in total. The predicted molar refractivity (Wildman–Crippen MR) is 146 cm³/mol. The number of carbonyl (C=O) groups excluding carboxylic acids is 1. The average Bonchev–Trinajstić information content (AvgIpc) is 3.51. The fourth-order valence-corrected chi connectivity index (χ4v) is 12.8. The molecule has 5 nitrogen and oxygen atoms in total. The van der Waals surface area contributed by atoms with Gasteiger partial charge in [-0.2, -0.15) is 0 Å². The van der Waals surface area contributed by atoms with Crippen molar-refractivity contribution >= 4 is 25.2 Å². The second-order valence-corrected chi connectivity index (χ2v) is 18.4. The zero-order valence-electron chi connectivity index (χ0n) is 22.9. The van der Waals surface area contributed by atoms with Crippen LogP contribution in [0, 0.1) is 17.8 Å². The molecule has 7 heteroatoms. The van der Waals surface area contributed by atoms with E-state index in [4.69, 9.17) is 9.16 Å². The molecule has 198 valence electrons. The standard InChI is InChI=1S/C28H47NO4SSi/c1-17(2)35(18(3)4,19(5)6)33-26-15-22(14-24(30)23-13-20(23)7)32-25(21(26)8)16-28(31)34-27-11-9-10-12-29-27/h9-12,17-26,30H,13-16H2,1-8H3/t20-,21-,22+,23-,24-,25-,26-/m0/s1. The van der Waals surface area contributed by atoms with Gasteiger partial charge in [0.2, 0.25) is 8.32 Å². The van der Waals surface area contributed by atoms with E-state index in [1.54, 1.807) is 6.20 Å². The molecule has 2 heterocycles. The lowest BCUT2D eigenvalue weighted by Crippen LogP contribution is -2.55. The van der Waals surface area contributed by atoms with Crippen LogP contribution < -0.4 is 0 Å². The molecule has 35 heavy (non-hydrogen) atoms. The Morgan fingerprint density at radius 2 is 1.77 bits per heavy atom. The minimum Gasteiger partial charge on any atom is -0.413 e.